The highest BCUT2D eigenvalue weighted by Crippen LogP contribution is 2.46. The zero-order chi connectivity index (χ0) is 16.7. The van der Waals surface area contributed by atoms with Gasteiger partial charge in [0.05, 0.1) is 10.4 Å². The van der Waals surface area contributed by atoms with Gasteiger partial charge in [-0.3, -0.25) is 0 Å². The predicted octanol–water partition coefficient (Wildman–Crippen LogP) is 4.43. The van der Waals surface area contributed by atoms with Crippen molar-refractivity contribution in [2.45, 2.75) is 43.0 Å². The Morgan fingerprint density at radius 2 is 1.57 bits per heavy atom. The summed E-state index contributed by atoms with van der Waals surface area (Å²) in [5.41, 5.74) is 1.60. The first-order valence-electron chi connectivity index (χ1n) is 7.72. The molecule has 2 aromatic rings. The van der Waals surface area contributed by atoms with Crippen molar-refractivity contribution in [1.82, 2.24) is 4.72 Å². The number of halogens is 1. The molecule has 0 spiro atoms. The molecule has 1 saturated carbocycles. The van der Waals surface area contributed by atoms with Crippen LogP contribution in [-0.2, 0) is 15.6 Å². The quantitative estimate of drug-likeness (QED) is 0.867. The van der Waals surface area contributed by atoms with Crippen molar-refractivity contribution in [3.63, 3.8) is 0 Å². The lowest BCUT2D eigenvalue weighted by atomic mass is 10.0. The molecule has 0 bridgehead atoms. The van der Waals surface area contributed by atoms with Crippen molar-refractivity contribution in [3.05, 3.63) is 64.7 Å². The first kappa shape index (κ1) is 16.5. The lowest BCUT2D eigenvalue weighted by molar-refractivity contribution is 0.551. The molecule has 0 aliphatic heterocycles. The van der Waals surface area contributed by atoms with Crippen LogP contribution in [0.5, 0.6) is 0 Å². The van der Waals surface area contributed by atoms with Crippen molar-refractivity contribution in [3.8, 4) is 0 Å². The average Bonchev–Trinajstić information content (AvgIpc) is 3.28. The molecule has 0 atom stereocenters. The minimum absolute atomic E-state index is 0.308. The average molecular weight is 350 g/mol. The van der Waals surface area contributed by atoms with Crippen LogP contribution >= 0.6 is 11.6 Å². The van der Waals surface area contributed by atoms with E-state index in [1.807, 2.05) is 24.3 Å². The summed E-state index contributed by atoms with van der Waals surface area (Å²) in [5, 5.41) is 0.650. The third-order valence-corrected chi connectivity index (χ3v) is 6.14. The van der Waals surface area contributed by atoms with Gasteiger partial charge in [-0.25, -0.2) is 13.1 Å². The fraction of sp³-hybridized carbons (Fsp3) is 0.333. The minimum atomic E-state index is -3.54. The molecule has 0 heterocycles. The van der Waals surface area contributed by atoms with Gasteiger partial charge in [-0.05, 0) is 54.2 Å². The molecule has 122 valence electrons. The second-order valence-corrected chi connectivity index (χ2v) is 8.54. The molecule has 3 nitrogen and oxygen atoms in total. The summed E-state index contributed by atoms with van der Waals surface area (Å²) in [4.78, 5) is 0.308. The van der Waals surface area contributed by atoms with Gasteiger partial charge in [-0.1, -0.05) is 49.7 Å². The highest BCUT2D eigenvalue weighted by molar-refractivity contribution is 7.89. The van der Waals surface area contributed by atoms with Crippen LogP contribution in [0.4, 0.5) is 0 Å². The number of benzene rings is 2. The van der Waals surface area contributed by atoms with Crippen molar-refractivity contribution in [2.24, 2.45) is 0 Å². The topological polar surface area (TPSA) is 46.2 Å². The number of sulfonamides is 1. The normalized spacial score (nSPS) is 16.5. The van der Waals surface area contributed by atoms with E-state index in [2.05, 4.69) is 18.6 Å². The Hall–Kier alpha value is -1.36. The zero-order valence-corrected chi connectivity index (χ0v) is 14.8. The summed E-state index contributed by atoms with van der Waals surface area (Å²) in [6, 6.07) is 14.5. The summed E-state index contributed by atoms with van der Waals surface area (Å²) in [6.07, 6.45) is 1.61. The molecule has 0 radical (unpaired) electrons. The summed E-state index contributed by atoms with van der Waals surface area (Å²) in [6.45, 7) is 4.17. The maximum atomic E-state index is 12.7. The molecule has 0 saturated heterocycles. The van der Waals surface area contributed by atoms with E-state index in [-0.39, 0.29) is 0 Å². The molecule has 3 rings (SSSR count). The molecule has 0 unspecified atom stereocenters. The summed E-state index contributed by atoms with van der Waals surface area (Å²) >= 11 is 5.91. The molecule has 1 aliphatic carbocycles. The van der Waals surface area contributed by atoms with Gasteiger partial charge in [0, 0.05) is 5.02 Å². The molecule has 2 aromatic carbocycles. The Morgan fingerprint density at radius 3 is 2.04 bits per heavy atom. The Bertz CT molecular complexity index is 792. The van der Waals surface area contributed by atoms with Gasteiger partial charge < -0.3 is 0 Å². The lowest BCUT2D eigenvalue weighted by Gasteiger charge is -2.18. The number of hydrogen-bond donors (Lipinski definition) is 1. The van der Waals surface area contributed by atoms with E-state index in [4.69, 9.17) is 11.6 Å². The van der Waals surface area contributed by atoms with Gasteiger partial charge in [-0.2, -0.15) is 0 Å². The number of hydrogen-bond acceptors (Lipinski definition) is 2. The van der Waals surface area contributed by atoms with Crippen LogP contribution in [-0.4, -0.2) is 8.42 Å². The third kappa shape index (κ3) is 3.44. The number of nitrogens with one attached hydrogen (secondary N) is 1. The smallest absolute Gasteiger partial charge is 0.207 e. The highest BCUT2D eigenvalue weighted by atomic mass is 35.5. The summed E-state index contributed by atoms with van der Waals surface area (Å²) in [7, 11) is -3.54. The summed E-state index contributed by atoms with van der Waals surface area (Å²) in [5.74, 6) is 0.378. The van der Waals surface area contributed by atoms with Crippen LogP contribution in [0.15, 0.2) is 53.4 Å². The van der Waals surface area contributed by atoms with Gasteiger partial charge in [0.15, 0.2) is 0 Å². The molecule has 1 N–H and O–H groups in total. The first-order valence-corrected chi connectivity index (χ1v) is 9.58. The van der Waals surface area contributed by atoms with Crippen LogP contribution < -0.4 is 4.72 Å². The first-order chi connectivity index (χ1) is 10.8. The Kier molecular flexibility index (Phi) is 4.25. The monoisotopic (exact) mass is 349 g/mol. The molecule has 1 aliphatic rings. The van der Waals surface area contributed by atoms with Gasteiger partial charge in [0.2, 0.25) is 10.0 Å². The van der Waals surface area contributed by atoms with E-state index in [0.717, 1.165) is 24.0 Å². The second kappa shape index (κ2) is 5.93. The highest BCUT2D eigenvalue weighted by Gasteiger charge is 2.47. The van der Waals surface area contributed by atoms with Crippen LogP contribution in [0.3, 0.4) is 0 Å². The Labute approximate surface area is 142 Å². The largest absolute Gasteiger partial charge is 0.241 e. The van der Waals surface area contributed by atoms with Crippen LogP contribution in [0.2, 0.25) is 5.02 Å². The van der Waals surface area contributed by atoms with Crippen molar-refractivity contribution in [2.75, 3.05) is 0 Å². The standard InChI is InChI=1S/C18H20ClNO2S/c1-13(2)14-3-9-17(10-4-14)23(21,22)20-18(11-12-18)15-5-7-16(19)8-6-15/h3-10,13,20H,11-12H2,1-2H3. The Morgan fingerprint density at radius 1 is 1.00 bits per heavy atom. The predicted molar refractivity (Wildman–Crippen MR) is 93.2 cm³/mol. The molecule has 0 aromatic heterocycles. The van der Waals surface area contributed by atoms with E-state index >= 15 is 0 Å². The van der Waals surface area contributed by atoms with Crippen molar-refractivity contribution >= 4 is 21.6 Å². The molecular weight excluding hydrogens is 330 g/mol. The molecular formula is C18H20ClNO2S. The molecule has 5 heteroatoms. The maximum absolute atomic E-state index is 12.7. The van der Waals surface area contributed by atoms with E-state index in [1.165, 1.54) is 0 Å². The lowest BCUT2D eigenvalue weighted by Crippen LogP contribution is -2.34. The van der Waals surface area contributed by atoms with Gasteiger partial charge >= 0.3 is 0 Å². The van der Waals surface area contributed by atoms with E-state index in [0.29, 0.717) is 15.8 Å². The van der Waals surface area contributed by atoms with Gasteiger partial charge in [-0.15, -0.1) is 0 Å². The second-order valence-electron chi connectivity index (χ2n) is 6.42. The summed E-state index contributed by atoms with van der Waals surface area (Å²) < 4.78 is 28.2. The number of rotatable bonds is 5. The molecule has 1 fully saturated rings. The SMILES string of the molecule is CC(C)c1ccc(S(=O)(=O)NC2(c3ccc(Cl)cc3)CC2)cc1. The maximum Gasteiger partial charge on any atom is 0.241 e. The fourth-order valence-electron chi connectivity index (χ4n) is 2.69. The van der Waals surface area contributed by atoms with E-state index < -0.39 is 15.6 Å². The fourth-order valence-corrected chi connectivity index (χ4v) is 4.27. The van der Waals surface area contributed by atoms with Crippen LogP contribution in [0.25, 0.3) is 0 Å². The Balaban J connectivity index is 1.84. The molecule has 23 heavy (non-hydrogen) atoms. The van der Waals surface area contributed by atoms with Crippen LogP contribution in [0.1, 0.15) is 43.7 Å². The third-order valence-electron chi connectivity index (χ3n) is 4.33. The van der Waals surface area contributed by atoms with Gasteiger partial charge in [0.1, 0.15) is 0 Å². The minimum Gasteiger partial charge on any atom is -0.207 e. The van der Waals surface area contributed by atoms with Crippen LogP contribution in [0, 0.1) is 0 Å². The zero-order valence-electron chi connectivity index (χ0n) is 13.2. The van der Waals surface area contributed by atoms with Crippen molar-refractivity contribution in [1.29, 1.82) is 0 Å². The van der Waals surface area contributed by atoms with E-state index in [9.17, 15) is 8.42 Å². The van der Waals surface area contributed by atoms with E-state index in [1.54, 1.807) is 24.3 Å². The van der Waals surface area contributed by atoms with Crippen molar-refractivity contribution < 1.29 is 8.42 Å². The molecule has 0 amide bonds. The van der Waals surface area contributed by atoms with Gasteiger partial charge in [0.25, 0.3) is 0 Å².